The Labute approximate surface area is 155 Å². The molecule has 0 radical (unpaired) electrons. The SMILES string of the molecule is CC(=O)c1ccc(Cn2ccc(NC(=O)C=Cc3ccccc3Cl)n2)o1. The molecule has 132 valence electrons. The standard InChI is InChI=1S/C19H16ClN3O3/c1-13(24)17-8-7-15(26-17)12-23-11-10-18(22-23)21-19(25)9-6-14-4-2-3-5-16(14)20/h2-11H,12H2,1H3,(H,21,22,25). The number of halogens is 1. The number of nitrogens with one attached hydrogen (secondary N) is 1. The molecule has 7 heteroatoms. The number of carbonyl (C=O) groups excluding carboxylic acids is 2. The average Bonchev–Trinajstić information content (AvgIpc) is 3.24. The summed E-state index contributed by atoms with van der Waals surface area (Å²) in [6.07, 6.45) is 4.75. The van der Waals surface area contributed by atoms with Crippen molar-refractivity contribution in [3.8, 4) is 0 Å². The average molecular weight is 370 g/mol. The van der Waals surface area contributed by atoms with Crippen LogP contribution in [0.2, 0.25) is 5.02 Å². The Kier molecular flexibility index (Phi) is 5.34. The highest BCUT2D eigenvalue weighted by Crippen LogP contribution is 2.16. The van der Waals surface area contributed by atoms with Crippen LogP contribution in [0.15, 0.2) is 59.2 Å². The third kappa shape index (κ3) is 4.49. The van der Waals surface area contributed by atoms with Gasteiger partial charge in [-0.25, -0.2) is 0 Å². The van der Waals surface area contributed by atoms with E-state index >= 15 is 0 Å². The highest BCUT2D eigenvalue weighted by molar-refractivity contribution is 6.32. The van der Waals surface area contributed by atoms with Crippen molar-refractivity contribution in [3.63, 3.8) is 0 Å². The molecule has 0 saturated heterocycles. The van der Waals surface area contributed by atoms with E-state index in [4.69, 9.17) is 16.0 Å². The molecule has 0 aliphatic heterocycles. The summed E-state index contributed by atoms with van der Waals surface area (Å²) in [5.74, 6) is 0.888. The van der Waals surface area contributed by atoms with E-state index in [2.05, 4.69) is 10.4 Å². The van der Waals surface area contributed by atoms with Crippen molar-refractivity contribution in [2.75, 3.05) is 5.32 Å². The van der Waals surface area contributed by atoms with Crippen LogP contribution in [0.25, 0.3) is 6.08 Å². The second-order valence-electron chi connectivity index (χ2n) is 5.56. The maximum absolute atomic E-state index is 12.0. The Hall–Kier alpha value is -3.12. The summed E-state index contributed by atoms with van der Waals surface area (Å²) < 4.78 is 7.02. The molecule has 1 aromatic carbocycles. The van der Waals surface area contributed by atoms with Gasteiger partial charge in [0.25, 0.3) is 0 Å². The van der Waals surface area contributed by atoms with Crippen LogP contribution in [-0.4, -0.2) is 21.5 Å². The monoisotopic (exact) mass is 369 g/mol. The molecule has 6 nitrogen and oxygen atoms in total. The third-order valence-corrected chi connectivity index (χ3v) is 3.88. The van der Waals surface area contributed by atoms with Gasteiger partial charge in [0.2, 0.25) is 5.91 Å². The number of ketones is 1. The van der Waals surface area contributed by atoms with Crippen LogP contribution >= 0.6 is 11.6 Å². The number of aromatic nitrogens is 2. The van der Waals surface area contributed by atoms with Crippen LogP contribution in [0.5, 0.6) is 0 Å². The second kappa shape index (κ2) is 7.84. The quantitative estimate of drug-likeness (QED) is 0.525. The van der Waals surface area contributed by atoms with Crippen LogP contribution < -0.4 is 5.32 Å². The zero-order valence-electron chi connectivity index (χ0n) is 14.0. The lowest BCUT2D eigenvalue weighted by Crippen LogP contribution is -2.09. The van der Waals surface area contributed by atoms with Crippen molar-refractivity contribution in [1.82, 2.24) is 9.78 Å². The number of anilines is 1. The third-order valence-electron chi connectivity index (χ3n) is 3.54. The summed E-state index contributed by atoms with van der Waals surface area (Å²) in [6, 6.07) is 12.3. The Morgan fingerprint density at radius 3 is 2.77 bits per heavy atom. The summed E-state index contributed by atoms with van der Waals surface area (Å²) in [4.78, 5) is 23.2. The van der Waals surface area contributed by atoms with Gasteiger partial charge in [0.1, 0.15) is 5.76 Å². The molecule has 26 heavy (non-hydrogen) atoms. The Bertz CT molecular complexity index is 972. The maximum atomic E-state index is 12.0. The first-order valence-electron chi connectivity index (χ1n) is 7.88. The van der Waals surface area contributed by atoms with Gasteiger partial charge in [-0.15, -0.1) is 0 Å². The Balaban J connectivity index is 1.60. The highest BCUT2D eigenvalue weighted by Gasteiger charge is 2.08. The first-order chi connectivity index (χ1) is 12.5. The van der Waals surface area contributed by atoms with E-state index in [1.165, 1.54) is 13.0 Å². The van der Waals surface area contributed by atoms with Crippen molar-refractivity contribution in [3.05, 3.63) is 76.8 Å². The molecule has 0 aliphatic rings. The molecule has 0 atom stereocenters. The summed E-state index contributed by atoms with van der Waals surface area (Å²) in [6.45, 7) is 1.80. The largest absolute Gasteiger partial charge is 0.456 e. The molecule has 0 saturated carbocycles. The predicted molar refractivity (Wildman–Crippen MR) is 99.2 cm³/mol. The zero-order valence-corrected chi connectivity index (χ0v) is 14.7. The Morgan fingerprint density at radius 1 is 1.23 bits per heavy atom. The van der Waals surface area contributed by atoms with Gasteiger partial charge < -0.3 is 9.73 Å². The van der Waals surface area contributed by atoms with Gasteiger partial charge >= 0.3 is 0 Å². The van der Waals surface area contributed by atoms with Crippen molar-refractivity contribution in [2.45, 2.75) is 13.5 Å². The lowest BCUT2D eigenvalue weighted by Gasteiger charge is -1.99. The van der Waals surface area contributed by atoms with Crippen molar-refractivity contribution in [1.29, 1.82) is 0 Å². The molecule has 3 rings (SSSR count). The lowest BCUT2D eigenvalue weighted by molar-refractivity contribution is -0.111. The molecule has 3 aromatic rings. The van der Waals surface area contributed by atoms with Crippen LogP contribution in [-0.2, 0) is 11.3 Å². The van der Waals surface area contributed by atoms with E-state index in [9.17, 15) is 9.59 Å². The molecular formula is C19H16ClN3O3. The number of Topliss-reactive ketones (excluding diaryl/α,β-unsaturated/α-hetero) is 1. The molecule has 0 spiro atoms. The van der Waals surface area contributed by atoms with Crippen LogP contribution in [0.4, 0.5) is 5.82 Å². The van der Waals surface area contributed by atoms with E-state index in [0.29, 0.717) is 28.9 Å². The maximum Gasteiger partial charge on any atom is 0.249 e. The molecular weight excluding hydrogens is 354 g/mol. The van der Waals surface area contributed by atoms with E-state index < -0.39 is 0 Å². The van der Waals surface area contributed by atoms with E-state index in [1.54, 1.807) is 41.2 Å². The van der Waals surface area contributed by atoms with E-state index in [0.717, 1.165) is 5.56 Å². The van der Waals surface area contributed by atoms with Gasteiger partial charge in [-0.3, -0.25) is 14.3 Å². The summed E-state index contributed by atoms with van der Waals surface area (Å²) >= 11 is 6.04. The van der Waals surface area contributed by atoms with Crippen molar-refractivity contribution in [2.24, 2.45) is 0 Å². The molecule has 1 N–H and O–H groups in total. The van der Waals surface area contributed by atoms with Crippen molar-refractivity contribution >= 4 is 35.2 Å². The second-order valence-corrected chi connectivity index (χ2v) is 5.97. The fourth-order valence-corrected chi connectivity index (χ4v) is 2.47. The number of nitrogens with zero attached hydrogens (tertiary/aromatic N) is 2. The highest BCUT2D eigenvalue weighted by atomic mass is 35.5. The molecule has 0 aliphatic carbocycles. The van der Waals surface area contributed by atoms with Crippen molar-refractivity contribution < 1.29 is 14.0 Å². The summed E-state index contributed by atoms with van der Waals surface area (Å²) in [5, 5.41) is 7.50. The minimum atomic E-state index is -0.313. The minimum Gasteiger partial charge on any atom is -0.456 e. The van der Waals surface area contributed by atoms with E-state index in [-0.39, 0.29) is 11.7 Å². The summed E-state index contributed by atoms with van der Waals surface area (Å²) in [7, 11) is 0. The van der Waals surface area contributed by atoms with Gasteiger partial charge in [-0.1, -0.05) is 29.8 Å². The van der Waals surface area contributed by atoms with Crippen LogP contribution in [0.3, 0.4) is 0 Å². The normalized spacial score (nSPS) is 11.0. The number of amides is 1. The fourth-order valence-electron chi connectivity index (χ4n) is 2.27. The van der Waals surface area contributed by atoms with Gasteiger partial charge in [0, 0.05) is 30.3 Å². The lowest BCUT2D eigenvalue weighted by atomic mass is 10.2. The minimum absolute atomic E-state index is 0.130. The molecule has 2 heterocycles. The first kappa shape index (κ1) is 17.7. The number of hydrogen-bond acceptors (Lipinski definition) is 4. The molecule has 1 amide bonds. The van der Waals surface area contributed by atoms with Crippen LogP contribution in [0.1, 0.15) is 28.8 Å². The molecule has 0 fully saturated rings. The zero-order chi connectivity index (χ0) is 18.5. The molecule has 0 unspecified atom stereocenters. The van der Waals surface area contributed by atoms with Gasteiger partial charge in [0.15, 0.2) is 17.4 Å². The molecule has 2 aromatic heterocycles. The predicted octanol–water partition coefficient (Wildman–Crippen LogP) is 4.03. The number of benzene rings is 1. The number of carbonyl (C=O) groups is 2. The molecule has 0 bridgehead atoms. The van der Waals surface area contributed by atoms with E-state index in [1.807, 2.05) is 18.2 Å². The van der Waals surface area contributed by atoms with Gasteiger partial charge in [0.05, 0.1) is 6.54 Å². The Morgan fingerprint density at radius 2 is 2.04 bits per heavy atom. The number of rotatable bonds is 6. The number of hydrogen-bond donors (Lipinski definition) is 1. The topological polar surface area (TPSA) is 77.1 Å². The smallest absolute Gasteiger partial charge is 0.249 e. The van der Waals surface area contributed by atoms with Gasteiger partial charge in [-0.2, -0.15) is 5.10 Å². The van der Waals surface area contributed by atoms with Gasteiger partial charge in [-0.05, 0) is 29.8 Å². The fraction of sp³-hybridized carbons (Fsp3) is 0.105. The summed E-state index contributed by atoms with van der Waals surface area (Å²) in [5.41, 5.74) is 0.758. The van der Waals surface area contributed by atoms with Crippen LogP contribution in [0, 0.1) is 0 Å². The number of furan rings is 1. The first-order valence-corrected chi connectivity index (χ1v) is 8.26.